The van der Waals surface area contributed by atoms with E-state index in [-0.39, 0.29) is 38.4 Å². The van der Waals surface area contributed by atoms with E-state index in [9.17, 15) is 6.85 Å². The van der Waals surface area contributed by atoms with Crippen molar-refractivity contribution >= 4 is 65.2 Å². The zero-order chi connectivity index (χ0) is 43.2. The highest BCUT2D eigenvalue weighted by Gasteiger charge is 2.26. The Kier molecular flexibility index (Phi) is 3.11. The predicted molar refractivity (Wildman–Crippen MR) is 192 cm³/mol. The first-order valence-electron chi connectivity index (χ1n) is 22.0. The van der Waals surface area contributed by atoms with Crippen LogP contribution in [0.15, 0.2) is 166 Å². The average molecular weight is 602 g/mol. The summed E-state index contributed by atoms with van der Waals surface area (Å²) in [5.41, 5.74) is 1.07. The lowest BCUT2D eigenvalue weighted by Crippen LogP contribution is -1.92. The fourth-order valence-corrected chi connectivity index (χ4v) is 6.56. The summed E-state index contributed by atoms with van der Waals surface area (Å²) in [6.45, 7) is 0. The number of benzene rings is 8. The van der Waals surface area contributed by atoms with Gasteiger partial charge in [0.1, 0.15) is 22.5 Å². The van der Waals surface area contributed by atoms with Gasteiger partial charge in [-0.2, -0.15) is 0 Å². The lowest BCUT2D eigenvalue weighted by atomic mass is 9.83. The minimum absolute atomic E-state index is 0.0657. The van der Waals surface area contributed by atoms with Crippen LogP contribution in [0.5, 0.6) is 0 Å². The molecule has 0 radical (unpaired) electrons. The first-order valence-corrected chi connectivity index (χ1v) is 14.5. The number of hydrogen-bond donors (Lipinski definition) is 0. The van der Waals surface area contributed by atoms with Crippen molar-refractivity contribution in [2.45, 2.75) is 0 Å². The largest absolute Gasteiger partial charge is 0.456 e. The van der Waals surface area contributed by atoms with Gasteiger partial charge in [-0.1, -0.05) is 139 Å². The van der Waals surface area contributed by atoms with Crippen molar-refractivity contribution in [3.05, 3.63) is 157 Å². The quantitative estimate of drug-likeness (QED) is 0.188. The summed E-state index contributed by atoms with van der Waals surface area (Å²) in [7, 11) is 0. The van der Waals surface area contributed by atoms with Crippen LogP contribution in [-0.2, 0) is 0 Å². The summed E-state index contributed by atoms with van der Waals surface area (Å²) in [6, 6.07) is 8.89. The van der Waals surface area contributed by atoms with E-state index in [0.29, 0.717) is 38.5 Å². The minimum atomic E-state index is -0.777. The Morgan fingerprint density at radius 1 is 0.391 bits per heavy atom. The molecule has 0 saturated heterocycles. The Morgan fingerprint density at radius 3 is 1.72 bits per heavy atom. The van der Waals surface area contributed by atoms with Crippen molar-refractivity contribution in [3.63, 3.8) is 0 Å². The van der Waals surface area contributed by atoms with E-state index >= 15 is 0 Å². The highest BCUT2D eigenvalue weighted by molar-refractivity contribution is 6.30. The van der Waals surface area contributed by atoms with Crippen molar-refractivity contribution in [3.8, 4) is 33.6 Å². The van der Waals surface area contributed by atoms with Gasteiger partial charge in [-0.25, -0.2) is 0 Å². The van der Waals surface area contributed by atoms with Gasteiger partial charge in [0.15, 0.2) is 0 Å². The molecule has 0 atom stereocenters. The Labute approximate surface area is 285 Å². The second kappa shape index (κ2) is 9.69. The van der Waals surface area contributed by atoms with Crippen LogP contribution in [0.4, 0.5) is 0 Å². The number of furan rings is 2. The van der Waals surface area contributed by atoms with Crippen molar-refractivity contribution in [1.29, 1.82) is 0 Å². The van der Waals surface area contributed by atoms with E-state index in [1.54, 1.807) is 54.6 Å². The molecule has 0 unspecified atom stereocenters. The number of fused-ring (bicyclic) bond motifs is 8. The Bertz CT molecular complexity index is 3560. The summed E-state index contributed by atoms with van der Waals surface area (Å²) in [4.78, 5) is 0. The molecule has 2 nitrogen and oxygen atoms in total. The van der Waals surface area contributed by atoms with Crippen molar-refractivity contribution < 1.29 is 29.4 Å². The molecule has 0 aliphatic rings. The summed E-state index contributed by atoms with van der Waals surface area (Å²) in [6.07, 6.45) is 0. The van der Waals surface area contributed by atoms with Crippen molar-refractivity contribution in [1.82, 2.24) is 0 Å². The zero-order valence-electron chi connectivity index (χ0n) is 38.7. The third-order valence-electron chi connectivity index (χ3n) is 8.42. The molecule has 0 fully saturated rings. The van der Waals surface area contributed by atoms with Crippen LogP contribution in [0.25, 0.3) is 98.8 Å². The molecular formula is C44H26O2. The molecule has 0 spiro atoms. The summed E-state index contributed by atoms with van der Waals surface area (Å²) in [5.74, 6) is 0.191. The van der Waals surface area contributed by atoms with Gasteiger partial charge in [0.2, 0.25) is 0 Å². The lowest BCUT2D eigenvalue weighted by Gasteiger charge is -2.19. The third-order valence-corrected chi connectivity index (χ3v) is 8.42. The Hall–Kier alpha value is -6.12. The van der Waals surface area contributed by atoms with Gasteiger partial charge in [-0.15, -0.1) is 0 Å². The van der Waals surface area contributed by atoms with Gasteiger partial charge in [0.05, 0.1) is 20.6 Å². The molecule has 214 valence electrons. The van der Waals surface area contributed by atoms with Gasteiger partial charge < -0.3 is 8.83 Å². The number of para-hydroxylation sites is 1. The van der Waals surface area contributed by atoms with Gasteiger partial charge in [-0.3, -0.25) is 0 Å². The topological polar surface area (TPSA) is 26.3 Å². The molecule has 0 aliphatic heterocycles. The normalized spacial score (nSPS) is 16.5. The SMILES string of the molecule is [2H]c1c([2H])c([2H])c2c(-c3c4c([2H])c([2H])c([2H])c([2H])c4c(-c4c(-c5ccccc5)oc5ccc6oc7ccccc7c6c45)c4c([2H])c([2H])c([2H])c([2H])c34)c([2H])c([2H])c([2H])c2c1[2H]. The molecule has 0 N–H and O–H groups in total. The maximum atomic E-state index is 9.63. The standard InChI is InChI=1S/C44H26O2/c1-2-14-28(15-3-1)44-43(42-38(46-44)26-25-37-41(42)35-22-10-11-24-36(35)45-37)40-33-20-8-6-18-31(33)39(32-19-7-9-21-34(32)40)30-23-12-16-27-13-4-5-17-29(27)30/h1-26H/i4D,5D,6D,7D,8D,9D,12D,13D,16D,17D,18D,19D,20D,21D,23D. The van der Waals surface area contributed by atoms with E-state index in [0.717, 1.165) is 0 Å². The van der Waals surface area contributed by atoms with Crippen molar-refractivity contribution in [2.24, 2.45) is 0 Å². The molecule has 10 rings (SSSR count). The zero-order valence-corrected chi connectivity index (χ0v) is 23.7. The summed E-state index contributed by atoms with van der Waals surface area (Å²) >= 11 is 0. The average Bonchev–Trinajstić information content (AvgIpc) is 3.84. The number of rotatable bonds is 3. The molecule has 2 heteroatoms. The van der Waals surface area contributed by atoms with E-state index in [1.807, 2.05) is 12.1 Å². The molecule has 0 aliphatic carbocycles. The monoisotopic (exact) mass is 601 g/mol. The first kappa shape index (κ1) is 14.8. The molecule has 46 heavy (non-hydrogen) atoms. The predicted octanol–water partition coefficient (Wildman–Crippen LogP) is 12.8. The Morgan fingerprint density at radius 2 is 0.978 bits per heavy atom. The van der Waals surface area contributed by atoms with Gasteiger partial charge in [0.25, 0.3) is 0 Å². The van der Waals surface area contributed by atoms with E-state index in [4.69, 9.17) is 22.5 Å². The summed E-state index contributed by atoms with van der Waals surface area (Å²) in [5, 5.41) is -0.461. The summed E-state index contributed by atoms with van der Waals surface area (Å²) < 4.78 is 149. The van der Waals surface area contributed by atoms with Crippen LogP contribution < -0.4 is 0 Å². The van der Waals surface area contributed by atoms with Crippen LogP contribution in [0.2, 0.25) is 0 Å². The fraction of sp³-hybridized carbons (Fsp3) is 0. The van der Waals surface area contributed by atoms with Crippen LogP contribution in [0.1, 0.15) is 20.6 Å². The molecule has 0 bridgehead atoms. The highest BCUT2D eigenvalue weighted by Crippen LogP contribution is 2.52. The molecule has 2 aromatic heterocycles. The first-order chi connectivity index (χ1) is 29.1. The fourth-order valence-electron chi connectivity index (χ4n) is 6.56. The molecular weight excluding hydrogens is 560 g/mol. The Balaban J connectivity index is 1.60. The van der Waals surface area contributed by atoms with E-state index in [1.165, 1.54) is 0 Å². The third kappa shape index (κ3) is 3.53. The lowest BCUT2D eigenvalue weighted by molar-refractivity contribution is 0.632. The molecule has 10 aromatic rings. The van der Waals surface area contributed by atoms with E-state index < -0.39 is 113 Å². The molecule has 0 amide bonds. The second-order valence-corrected chi connectivity index (χ2v) is 10.8. The van der Waals surface area contributed by atoms with Gasteiger partial charge >= 0.3 is 0 Å². The maximum Gasteiger partial charge on any atom is 0.143 e. The molecule has 8 aromatic carbocycles. The van der Waals surface area contributed by atoms with Crippen LogP contribution in [0.3, 0.4) is 0 Å². The van der Waals surface area contributed by atoms with E-state index in [2.05, 4.69) is 0 Å². The number of hydrogen-bond acceptors (Lipinski definition) is 2. The van der Waals surface area contributed by atoms with Gasteiger partial charge in [0, 0.05) is 32.8 Å². The second-order valence-electron chi connectivity index (χ2n) is 10.8. The molecule has 2 heterocycles. The van der Waals surface area contributed by atoms with Crippen LogP contribution >= 0.6 is 0 Å². The van der Waals surface area contributed by atoms with Crippen molar-refractivity contribution in [2.75, 3.05) is 0 Å². The van der Waals surface area contributed by atoms with Crippen LogP contribution in [0, 0.1) is 0 Å². The maximum absolute atomic E-state index is 9.63. The van der Waals surface area contributed by atoms with Gasteiger partial charge in [-0.05, 0) is 61.6 Å². The smallest absolute Gasteiger partial charge is 0.143 e. The minimum Gasteiger partial charge on any atom is -0.456 e. The molecule has 0 saturated carbocycles. The van der Waals surface area contributed by atoms with Crippen LogP contribution in [-0.4, -0.2) is 0 Å². The highest BCUT2D eigenvalue weighted by atomic mass is 16.3.